The average Bonchev–Trinajstić information content (AvgIpc) is 2.47. The number of carbonyl (C=O) groups excluding carboxylic acids is 1. The van der Waals surface area contributed by atoms with E-state index in [2.05, 4.69) is 12.2 Å². The minimum absolute atomic E-state index is 0.0534. The molecule has 1 rings (SSSR count). The van der Waals surface area contributed by atoms with E-state index in [1.54, 1.807) is 24.3 Å². The molecule has 0 aliphatic carbocycles. The third kappa shape index (κ3) is 5.44. The summed E-state index contributed by atoms with van der Waals surface area (Å²) in [5.74, 6) is 0.133. The molecule has 0 spiro atoms. The van der Waals surface area contributed by atoms with Gasteiger partial charge < -0.3 is 5.32 Å². The molecular weight excluding hydrogens is 298 g/mol. The Morgan fingerprint density at radius 1 is 1.18 bits per heavy atom. The molecule has 2 unspecified atom stereocenters. The Bertz CT molecular complexity index is 578. The highest BCUT2D eigenvalue weighted by atomic mass is 32.2. The molecule has 0 aliphatic heterocycles. The Balaban J connectivity index is 2.71. The summed E-state index contributed by atoms with van der Waals surface area (Å²) in [5, 5.41) is 3.03. The minimum Gasteiger partial charge on any atom is -0.349 e. The van der Waals surface area contributed by atoms with E-state index in [1.165, 1.54) is 6.26 Å². The molecule has 0 saturated carbocycles. The Hall–Kier alpha value is -1.36. The maximum atomic E-state index is 12.3. The van der Waals surface area contributed by atoms with Crippen LogP contribution in [0.4, 0.5) is 0 Å². The van der Waals surface area contributed by atoms with Crippen molar-refractivity contribution in [2.45, 2.75) is 57.4 Å². The molecule has 1 N–H and O–H groups in total. The Kier molecular flexibility index (Phi) is 7.07. The molecule has 0 fully saturated rings. The first-order chi connectivity index (χ1) is 10.3. The van der Waals surface area contributed by atoms with E-state index in [0.29, 0.717) is 4.90 Å². The summed E-state index contributed by atoms with van der Waals surface area (Å²) in [6.45, 7) is 6.07. The number of hydrogen-bond acceptors (Lipinski definition) is 3. The van der Waals surface area contributed by atoms with Crippen molar-refractivity contribution in [3.05, 3.63) is 29.8 Å². The van der Waals surface area contributed by atoms with E-state index in [9.17, 15) is 13.2 Å². The van der Waals surface area contributed by atoms with Gasteiger partial charge in [0.1, 0.15) is 0 Å². The van der Waals surface area contributed by atoms with Crippen LogP contribution in [0.25, 0.3) is 0 Å². The first-order valence-electron chi connectivity index (χ1n) is 7.90. The zero-order valence-corrected chi connectivity index (χ0v) is 14.7. The number of sulfone groups is 1. The van der Waals surface area contributed by atoms with Crippen molar-refractivity contribution in [1.82, 2.24) is 5.32 Å². The number of nitrogens with one attached hydrogen (secondary N) is 1. The first kappa shape index (κ1) is 18.7. The summed E-state index contributed by atoms with van der Waals surface area (Å²) in [7, 11) is -3.18. The molecule has 0 saturated heterocycles. The van der Waals surface area contributed by atoms with Crippen LogP contribution in [0.5, 0.6) is 0 Å². The third-order valence-electron chi connectivity index (χ3n) is 3.94. The third-order valence-corrected chi connectivity index (χ3v) is 5.07. The average molecular weight is 325 g/mol. The minimum atomic E-state index is -3.18. The number of carbonyl (C=O) groups is 1. The molecule has 1 amide bonds. The standard InChI is InChI=1S/C17H27NO3S/c1-5-7-8-14(6-2)17(19)18-13(3)15-9-11-16(12-10-15)22(4,20)21/h9-14H,5-8H2,1-4H3,(H,18,19). The van der Waals surface area contributed by atoms with E-state index < -0.39 is 9.84 Å². The second-order valence-corrected chi connectivity index (χ2v) is 7.83. The highest BCUT2D eigenvalue weighted by Gasteiger charge is 2.18. The van der Waals surface area contributed by atoms with Gasteiger partial charge in [-0.2, -0.15) is 0 Å². The second kappa shape index (κ2) is 8.32. The quantitative estimate of drug-likeness (QED) is 0.796. The Labute approximate surface area is 134 Å². The monoisotopic (exact) mass is 325 g/mol. The molecule has 0 radical (unpaired) electrons. The van der Waals surface area contributed by atoms with Crippen LogP contribution in [0.2, 0.25) is 0 Å². The SMILES string of the molecule is CCCCC(CC)C(=O)NC(C)c1ccc(S(C)(=O)=O)cc1. The van der Waals surface area contributed by atoms with Crippen molar-refractivity contribution in [2.75, 3.05) is 6.26 Å². The number of unbranched alkanes of at least 4 members (excludes halogenated alkanes) is 1. The van der Waals surface area contributed by atoms with Crippen LogP contribution in [0.3, 0.4) is 0 Å². The Morgan fingerprint density at radius 2 is 1.77 bits per heavy atom. The van der Waals surface area contributed by atoms with Crippen molar-refractivity contribution in [1.29, 1.82) is 0 Å². The normalized spacial score (nSPS) is 14.4. The number of rotatable bonds is 8. The van der Waals surface area contributed by atoms with Crippen LogP contribution >= 0.6 is 0 Å². The summed E-state index contributed by atoms with van der Waals surface area (Å²) in [4.78, 5) is 12.6. The van der Waals surface area contributed by atoms with Crippen molar-refractivity contribution < 1.29 is 13.2 Å². The van der Waals surface area contributed by atoms with Crippen molar-refractivity contribution in [3.63, 3.8) is 0 Å². The lowest BCUT2D eigenvalue weighted by atomic mass is 9.97. The maximum absolute atomic E-state index is 12.3. The van der Waals surface area contributed by atoms with Crippen LogP contribution in [0, 0.1) is 5.92 Å². The number of amides is 1. The van der Waals surface area contributed by atoms with Gasteiger partial charge in [-0.05, 0) is 37.5 Å². The molecule has 1 aromatic rings. The molecule has 124 valence electrons. The lowest BCUT2D eigenvalue weighted by Crippen LogP contribution is -2.32. The molecule has 5 heteroatoms. The van der Waals surface area contributed by atoms with E-state index in [-0.39, 0.29) is 17.9 Å². The molecule has 0 bridgehead atoms. The summed E-state index contributed by atoms with van der Waals surface area (Å²) in [6, 6.07) is 6.56. The van der Waals surface area contributed by atoms with Gasteiger partial charge in [0.25, 0.3) is 0 Å². The van der Waals surface area contributed by atoms with Crippen LogP contribution in [-0.4, -0.2) is 20.6 Å². The van der Waals surface area contributed by atoms with Gasteiger partial charge in [-0.25, -0.2) is 8.42 Å². The highest BCUT2D eigenvalue weighted by molar-refractivity contribution is 7.90. The fourth-order valence-corrected chi connectivity index (χ4v) is 3.02. The molecule has 0 aliphatic rings. The van der Waals surface area contributed by atoms with Crippen LogP contribution in [0.1, 0.15) is 58.1 Å². The summed E-state index contributed by atoms with van der Waals surface area (Å²) >= 11 is 0. The number of benzene rings is 1. The fraction of sp³-hybridized carbons (Fsp3) is 0.588. The van der Waals surface area contributed by atoms with E-state index in [4.69, 9.17) is 0 Å². The van der Waals surface area contributed by atoms with Gasteiger partial charge in [0.15, 0.2) is 9.84 Å². The van der Waals surface area contributed by atoms with Crippen molar-refractivity contribution in [2.24, 2.45) is 5.92 Å². The van der Waals surface area contributed by atoms with Gasteiger partial charge in [0.2, 0.25) is 5.91 Å². The zero-order valence-electron chi connectivity index (χ0n) is 13.9. The van der Waals surface area contributed by atoms with E-state index in [0.717, 1.165) is 31.2 Å². The van der Waals surface area contributed by atoms with E-state index >= 15 is 0 Å². The molecule has 22 heavy (non-hydrogen) atoms. The maximum Gasteiger partial charge on any atom is 0.223 e. The number of hydrogen-bond donors (Lipinski definition) is 1. The summed E-state index contributed by atoms with van der Waals surface area (Å²) in [5.41, 5.74) is 0.908. The molecule has 4 nitrogen and oxygen atoms in total. The van der Waals surface area contributed by atoms with Crippen LogP contribution < -0.4 is 5.32 Å². The van der Waals surface area contributed by atoms with Crippen molar-refractivity contribution >= 4 is 15.7 Å². The largest absolute Gasteiger partial charge is 0.349 e. The van der Waals surface area contributed by atoms with Gasteiger partial charge in [0.05, 0.1) is 10.9 Å². The predicted octanol–water partition coefficient (Wildman–Crippen LogP) is 3.48. The predicted molar refractivity (Wildman–Crippen MR) is 89.4 cm³/mol. The van der Waals surface area contributed by atoms with Gasteiger partial charge in [-0.3, -0.25) is 4.79 Å². The first-order valence-corrected chi connectivity index (χ1v) is 9.79. The Morgan fingerprint density at radius 3 is 2.23 bits per heavy atom. The smallest absolute Gasteiger partial charge is 0.223 e. The van der Waals surface area contributed by atoms with Gasteiger partial charge >= 0.3 is 0 Å². The molecule has 0 aromatic heterocycles. The highest BCUT2D eigenvalue weighted by Crippen LogP contribution is 2.18. The molecule has 2 atom stereocenters. The van der Waals surface area contributed by atoms with Crippen LogP contribution in [-0.2, 0) is 14.6 Å². The molecule has 1 aromatic carbocycles. The summed E-state index contributed by atoms with van der Waals surface area (Å²) in [6.07, 6.45) is 5.09. The lowest BCUT2D eigenvalue weighted by Gasteiger charge is -2.19. The lowest BCUT2D eigenvalue weighted by molar-refractivity contribution is -0.126. The van der Waals surface area contributed by atoms with Gasteiger partial charge in [-0.15, -0.1) is 0 Å². The summed E-state index contributed by atoms with van der Waals surface area (Å²) < 4.78 is 22.9. The van der Waals surface area contributed by atoms with Crippen LogP contribution in [0.15, 0.2) is 29.2 Å². The van der Waals surface area contributed by atoms with Gasteiger partial charge in [0, 0.05) is 12.2 Å². The molecular formula is C17H27NO3S. The zero-order chi connectivity index (χ0) is 16.8. The molecule has 0 heterocycles. The second-order valence-electron chi connectivity index (χ2n) is 5.82. The van der Waals surface area contributed by atoms with Crippen molar-refractivity contribution in [3.8, 4) is 0 Å². The van der Waals surface area contributed by atoms with E-state index in [1.807, 2.05) is 13.8 Å². The van der Waals surface area contributed by atoms with Gasteiger partial charge in [-0.1, -0.05) is 38.8 Å². The fourth-order valence-electron chi connectivity index (χ4n) is 2.39. The topological polar surface area (TPSA) is 63.2 Å².